The normalized spacial score (nSPS) is 24.6. The maximum atomic E-state index is 3.54. The molecule has 1 saturated heterocycles. The van der Waals surface area contributed by atoms with Crippen LogP contribution in [0.2, 0.25) is 0 Å². The highest BCUT2D eigenvalue weighted by atomic mass is 15.1. The number of nitrogens with zero attached hydrogens (tertiary/aromatic N) is 1. The number of nitrogens with one attached hydrogen (secondary N) is 1. The summed E-state index contributed by atoms with van der Waals surface area (Å²) in [6, 6.07) is 7.59. The second-order valence-electron chi connectivity index (χ2n) is 6.06. The van der Waals surface area contributed by atoms with Crippen molar-refractivity contribution < 1.29 is 0 Å². The molecule has 2 nitrogen and oxygen atoms in total. The number of rotatable bonds is 4. The van der Waals surface area contributed by atoms with Gasteiger partial charge in [0.15, 0.2) is 0 Å². The van der Waals surface area contributed by atoms with Crippen molar-refractivity contribution in [2.75, 3.05) is 26.7 Å². The van der Waals surface area contributed by atoms with Gasteiger partial charge in [-0.25, -0.2) is 0 Å². The molecule has 2 unspecified atom stereocenters. The summed E-state index contributed by atoms with van der Waals surface area (Å²) in [6.45, 7) is 10.0. The van der Waals surface area contributed by atoms with E-state index in [0.717, 1.165) is 19.0 Å². The lowest BCUT2D eigenvalue weighted by molar-refractivity contribution is 0.120. The largest absolute Gasteiger partial charge is 0.317 e. The Hall–Kier alpha value is -0.860. The van der Waals surface area contributed by atoms with Crippen LogP contribution >= 0.6 is 0 Å². The molecule has 106 valence electrons. The van der Waals surface area contributed by atoms with Crippen molar-refractivity contribution in [1.29, 1.82) is 0 Å². The predicted octanol–water partition coefficient (Wildman–Crippen LogP) is 3.30. The summed E-state index contributed by atoms with van der Waals surface area (Å²) < 4.78 is 0. The minimum absolute atomic E-state index is 0.575. The van der Waals surface area contributed by atoms with Crippen LogP contribution in [0.3, 0.4) is 0 Å². The minimum Gasteiger partial charge on any atom is -0.317 e. The molecule has 1 heterocycles. The monoisotopic (exact) mass is 260 g/mol. The van der Waals surface area contributed by atoms with Gasteiger partial charge in [-0.2, -0.15) is 0 Å². The highest BCUT2D eigenvalue weighted by Crippen LogP contribution is 2.35. The second-order valence-corrected chi connectivity index (χ2v) is 6.06. The van der Waals surface area contributed by atoms with Gasteiger partial charge in [-0.1, -0.05) is 36.2 Å². The molecule has 0 aliphatic carbocycles. The first-order chi connectivity index (χ1) is 9.11. The summed E-state index contributed by atoms with van der Waals surface area (Å²) in [5.41, 5.74) is 4.27. The third kappa shape index (κ3) is 3.58. The molecule has 1 aromatic rings. The standard InChI is InChI=1S/C17H28N2/c1-5-18-12-15-7-6-8-19(4)17(15)16-10-13(2)9-14(3)11-16/h9-11,15,17-18H,5-8,12H2,1-4H3. The van der Waals surface area contributed by atoms with Crippen LogP contribution in [0.15, 0.2) is 18.2 Å². The third-order valence-corrected chi connectivity index (χ3v) is 4.25. The molecule has 1 aliphatic heterocycles. The average Bonchev–Trinajstić information content (AvgIpc) is 2.35. The third-order valence-electron chi connectivity index (χ3n) is 4.25. The first-order valence-electron chi connectivity index (χ1n) is 7.61. The van der Waals surface area contributed by atoms with Crippen LogP contribution in [0, 0.1) is 19.8 Å². The van der Waals surface area contributed by atoms with E-state index < -0.39 is 0 Å². The van der Waals surface area contributed by atoms with Gasteiger partial charge in [0.25, 0.3) is 0 Å². The molecule has 1 N–H and O–H groups in total. The zero-order valence-corrected chi connectivity index (χ0v) is 12.9. The van der Waals surface area contributed by atoms with Crippen molar-refractivity contribution in [3.05, 3.63) is 34.9 Å². The number of hydrogen-bond donors (Lipinski definition) is 1. The van der Waals surface area contributed by atoms with E-state index >= 15 is 0 Å². The fourth-order valence-corrected chi connectivity index (χ4v) is 3.51. The quantitative estimate of drug-likeness (QED) is 0.893. The molecule has 0 spiro atoms. The summed E-state index contributed by atoms with van der Waals surface area (Å²) in [7, 11) is 2.28. The van der Waals surface area contributed by atoms with Crippen LogP contribution in [0.5, 0.6) is 0 Å². The molecule has 1 aromatic carbocycles. The highest BCUT2D eigenvalue weighted by molar-refractivity contribution is 5.31. The molecule has 0 amide bonds. The molecule has 2 rings (SSSR count). The van der Waals surface area contributed by atoms with Crippen molar-refractivity contribution in [3.63, 3.8) is 0 Å². The Balaban J connectivity index is 2.25. The smallest absolute Gasteiger partial charge is 0.0385 e. The maximum Gasteiger partial charge on any atom is 0.0385 e. The highest BCUT2D eigenvalue weighted by Gasteiger charge is 2.30. The van der Waals surface area contributed by atoms with Gasteiger partial charge in [-0.15, -0.1) is 0 Å². The van der Waals surface area contributed by atoms with Crippen LogP contribution in [0.25, 0.3) is 0 Å². The number of likely N-dealkylation sites (tertiary alicyclic amines) is 1. The lowest BCUT2D eigenvalue weighted by atomic mass is 9.84. The summed E-state index contributed by atoms with van der Waals surface area (Å²) >= 11 is 0. The molecule has 2 atom stereocenters. The van der Waals surface area contributed by atoms with E-state index in [0.29, 0.717) is 6.04 Å². The zero-order valence-electron chi connectivity index (χ0n) is 12.9. The lowest BCUT2D eigenvalue weighted by Crippen LogP contribution is -2.40. The van der Waals surface area contributed by atoms with E-state index in [4.69, 9.17) is 0 Å². The van der Waals surface area contributed by atoms with E-state index in [-0.39, 0.29) is 0 Å². The van der Waals surface area contributed by atoms with Crippen LogP contribution in [-0.4, -0.2) is 31.6 Å². The molecular weight excluding hydrogens is 232 g/mol. The number of benzene rings is 1. The van der Waals surface area contributed by atoms with Crippen molar-refractivity contribution in [2.24, 2.45) is 5.92 Å². The van der Waals surface area contributed by atoms with Gasteiger partial charge in [-0.05, 0) is 64.9 Å². The Bertz CT molecular complexity index is 393. The molecule has 0 saturated carbocycles. The van der Waals surface area contributed by atoms with Crippen molar-refractivity contribution in [1.82, 2.24) is 10.2 Å². The molecule has 1 aliphatic rings. The Morgan fingerprint density at radius 1 is 1.21 bits per heavy atom. The van der Waals surface area contributed by atoms with Gasteiger partial charge in [0, 0.05) is 6.04 Å². The average molecular weight is 260 g/mol. The Morgan fingerprint density at radius 2 is 1.89 bits per heavy atom. The van der Waals surface area contributed by atoms with Crippen LogP contribution < -0.4 is 5.32 Å². The Morgan fingerprint density at radius 3 is 2.53 bits per heavy atom. The summed E-state index contributed by atoms with van der Waals surface area (Å²) in [4.78, 5) is 2.54. The molecule has 1 fully saturated rings. The van der Waals surface area contributed by atoms with Gasteiger partial charge in [0.1, 0.15) is 0 Å². The molecule has 19 heavy (non-hydrogen) atoms. The summed E-state index contributed by atoms with van der Waals surface area (Å²) in [5, 5.41) is 3.54. The van der Waals surface area contributed by atoms with E-state index in [9.17, 15) is 0 Å². The van der Waals surface area contributed by atoms with Gasteiger partial charge < -0.3 is 5.32 Å². The van der Waals surface area contributed by atoms with Gasteiger partial charge in [0.05, 0.1) is 0 Å². The Labute approximate surface area is 118 Å². The SMILES string of the molecule is CCNCC1CCCN(C)C1c1cc(C)cc(C)c1. The second kappa shape index (κ2) is 6.53. The molecule has 0 radical (unpaired) electrons. The van der Waals surface area contributed by atoms with Gasteiger partial charge >= 0.3 is 0 Å². The molecular formula is C17H28N2. The molecule has 0 aromatic heterocycles. The van der Waals surface area contributed by atoms with Crippen molar-refractivity contribution >= 4 is 0 Å². The number of piperidine rings is 1. The van der Waals surface area contributed by atoms with Gasteiger partial charge in [-0.3, -0.25) is 4.90 Å². The lowest BCUT2D eigenvalue weighted by Gasteiger charge is -2.40. The van der Waals surface area contributed by atoms with Gasteiger partial charge in [0.2, 0.25) is 0 Å². The van der Waals surface area contributed by atoms with Crippen LogP contribution in [0.1, 0.15) is 42.5 Å². The molecule has 2 heteroatoms. The molecule has 0 bridgehead atoms. The fourth-order valence-electron chi connectivity index (χ4n) is 3.51. The zero-order chi connectivity index (χ0) is 13.8. The fraction of sp³-hybridized carbons (Fsp3) is 0.647. The summed E-state index contributed by atoms with van der Waals surface area (Å²) in [5.74, 6) is 0.736. The van der Waals surface area contributed by atoms with Crippen LogP contribution in [-0.2, 0) is 0 Å². The maximum absolute atomic E-state index is 3.54. The number of hydrogen-bond acceptors (Lipinski definition) is 2. The topological polar surface area (TPSA) is 15.3 Å². The number of aryl methyl sites for hydroxylation is 2. The van der Waals surface area contributed by atoms with Crippen LogP contribution in [0.4, 0.5) is 0 Å². The summed E-state index contributed by atoms with van der Waals surface area (Å²) in [6.07, 6.45) is 2.67. The van der Waals surface area contributed by atoms with Crippen molar-refractivity contribution in [3.8, 4) is 0 Å². The van der Waals surface area contributed by atoms with E-state index in [1.54, 1.807) is 0 Å². The Kier molecular flexibility index (Phi) is 5.00. The van der Waals surface area contributed by atoms with E-state index in [2.05, 4.69) is 56.2 Å². The minimum atomic E-state index is 0.575. The van der Waals surface area contributed by atoms with Crippen molar-refractivity contribution in [2.45, 2.75) is 39.7 Å². The van der Waals surface area contributed by atoms with E-state index in [1.165, 1.54) is 36.1 Å². The van der Waals surface area contributed by atoms with E-state index in [1.807, 2.05) is 0 Å². The first-order valence-corrected chi connectivity index (χ1v) is 7.61. The first kappa shape index (κ1) is 14.5. The predicted molar refractivity (Wildman–Crippen MR) is 82.6 cm³/mol.